The van der Waals surface area contributed by atoms with Crippen molar-refractivity contribution in [2.24, 2.45) is 68.0 Å². The first-order valence-corrected chi connectivity index (χ1v) is 21.4. The van der Waals surface area contributed by atoms with E-state index in [1.54, 1.807) is 0 Å². The molecule has 6 fully saturated rings. The van der Waals surface area contributed by atoms with E-state index in [9.17, 15) is 35.4 Å². The van der Waals surface area contributed by atoms with Gasteiger partial charge in [0.2, 0.25) is 0 Å². The maximum Gasteiger partial charge on any atom is 0.310 e. The Morgan fingerprint density at radius 1 is 0.875 bits per heavy atom. The maximum atomic E-state index is 13.4. The molecule has 10 nitrogen and oxygen atoms in total. The van der Waals surface area contributed by atoms with Gasteiger partial charge in [0.25, 0.3) is 0 Å². The Bertz CT molecular complexity index is 1750. The number of fused-ring (bicyclic) bond motifs is 3. The number of hydrogen-bond donors (Lipinski definition) is 6. The maximum absolute atomic E-state index is 13.4. The third kappa shape index (κ3) is 5.18. The average Bonchev–Trinajstić information content (AvgIpc) is 3.18. The molecule has 56 heavy (non-hydrogen) atoms. The molecule has 8 aliphatic rings. The van der Waals surface area contributed by atoms with Crippen molar-refractivity contribution < 1.29 is 49.6 Å². The summed E-state index contributed by atoms with van der Waals surface area (Å²) in [6.45, 7) is 9.19. The molecule has 0 spiro atoms. The van der Waals surface area contributed by atoms with Crippen molar-refractivity contribution in [2.75, 3.05) is 19.8 Å². The lowest BCUT2D eigenvalue weighted by molar-refractivity contribution is -0.351. The molecule has 0 amide bonds. The van der Waals surface area contributed by atoms with E-state index in [0.717, 1.165) is 44.1 Å². The first kappa shape index (κ1) is 39.3. The van der Waals surface area contributed by atoms with Gasteiger partial charge in [-0.1, -0.05) is 88.2 Å². The van der Waals surface area contributed by atoms with Crippen molar-refractivity contribution in [3.63, 3.8) is 0 Å². The number of carboxylic acid groups (broad SMARTS) is 1. The Hall–Kier alpha value is -2.15. The van der Waals surface area contributed by atoms with Gasteiger partial charge >= 0.3 is 5.97 Å². The second-order valence-electron chi connectivity index (χ2n) is 20.7. The predicted molar refractivity (Wildman–Crippen MR) is 206 cm³/mol. The van der Waals surface area contributed by atoms with Gasteiger partial charge in [0.05, 0.1) is 37.4 Å². The Labute approximate surface area is 331 Å². The number of carboxylic acids is 1. The monoisotopic (exact) mass is 776 g/mol. The predicted octanol–water partition coefficient (Wildman–Crippen LogP) is 5.25. The second kappa shape index (κ2) is 13.4. The molecule has 1 heterocycles. The van der Waals surface area contributed by atoms with Crippen LogP contribution in [0.5, 0.6) is 0 Å². The molecule has 1 aromatic carbocycles. The fourth-order valence-corrected chi connectivity index (χ4v) is 15.5. The van der Waals surface area contributed by atoms with Gasteiger partial charge in [0.1, 0.15) is 18.3 Å². The van der Waals surface area contributed by atoms with Crippen molar-refractivity contribution in [3.8, 4) is 0 Å². The summed E-state index contributed by atoms with van der Waals surface area (Å²) in [4.78, 5) is 13.4. The topological polar surface area (TPSA) is 166 Å². The smallest absolute Gasteiger partial charge is 0.310 e. The van der Waals surface area contributed by atoms with Crippen LogP contribution in [0.3, 0.4) is 0 Å². The number of aliphatic carboxylic acids is 1. The lowest BCUT2D eigenvalue weighted by atomic mass is 9.26. The summed E-state index contributed by atoms with van der Waals surface area (Å²) in [5, 5.41) is 65.5. The van der Waals surface area contributed by atoms with E-state index < -0.39 is 53.6 Å². The summed E-state index contributed by atoms with van der Waals surface area (Å²) in [7, 11) is 0. The summed E-state index contributed by atoms with van der Waals surface area (Å²) in [5.74, 6) is -0.377. The van der Waals surface area contributed by atoms with Crippen molar-refractivity contribution in [1.29, 1.82) is 0 Å². The van der Waals surface area contributed by atoms with Crippen LogP contribution in [0.2, 0.25) is 0 Å². The highest BCUT2D eigenvalue weighted by molar-refractivity contribution is 5.76. The highest BCUT2D eigenvalue weighted by atomic mass is 16.7. The van der Waals surface area contributed by atoms with E-state index in [4.69, 9.17) is 14.2 Å². The minimum Gasteiger partial charge on any atom is -0.481 e. The fraction of sp³-hybridized carbons (Fsp3) is 0.761. The summed E-state index contributed by atoms with van der Waals surface area (Å²) in [6, 6.07) is 10.0. The van der Waals surface area contributed by atoms with E-state index >= 15 is 0 Å². The summed E-state index contributed by atoms with van der Waals surface area (Å²) >= 11 is 0. The van der Waals surface area contributed by atoms with Gasteiger partial charge in [-0.25, -0.2) is 0 Å². The molecule has 0 unspecified atom stereocenters. The molecule has 0 aromatic heterocycles. The third-order valence-corrected chi connectivity index (χ3v) is 18.1. The molecule has 18 atom stereocenters. The number of ether oxygens (including phenoxy) is 3. The molecule has 7 aliphatic carbocycles. The normalized spacial score (nSPS) is 52.9. The van der Waals surface area contributed by atoms with E-state index in [1.807, 2.05) is 30.3 Å². The number of aliphatic hydroxyl groups is 5. The van der Waals surface area contributed by atoms with Crippen LogP contribution in [0.4, 0.5) is 0 Å². The highest BCUT2D eigenvalue weighted by Gasteiger charge is 2.78. The molecule has 6 bridgehead atoms. The largest absolute Gasteiger partial charge is 0.481 e. The standard InChI is InChI=1S/C46H64O10/c1-41(24-47)15-17-45(40(52)53)18-16-43(3)30(31(45)21-41)19-27-11-8-14-46(43)20-28-12-13-29-35(54-22-26-9-6-5-7-10-26)38(56-39-34(51)33(50)32(49)23-55-39)42(2,25-48)36(28)44(29,4)37(27)46/h5-7,9-10,12-13,19,27-29,31-39,47-51H,8,11,14-18,20-25H2,1-4H3,(H,52,53)/t27-,28-,29-,31-,32+,33-,34+,35+,36+,37+,38+,39-,41-,42-,43+,44-,45-,46+/m0/s1. The number of rotatable bonds is 8. The zero-order valence-corrected chi connectivity index (χ0v) is 33.6. The van der Waals surface area contributed by atoms with Crippen molar-refractivity contribution in [3.05, 3.63) is 59.7 Å². The average molecular weight is 777 g/mol. The zero-order valence-electron chi connectivity index (χ0n) is 33.6. The number of hydrogen-bond acceptors (Lipinski definition) is 9. The van der Waals surface area contributed by atoms with Crippen LogP contribution in [0.1, 0.15) is 91.0 Å². The third-order valence-electron chi connectivity index (χ3n) is 18.1. The van der Waals surface area contributed by atoms with Gasteiger partial charge in [-0.15, -0.1) is 0 Å². The van der Waals surface area contributed by atoms with Crippen molar-refractivity contribution in [1.82, 2.24) is 0 Å². The van der Waals surface area contributed by atoms with Crippen LogP contribution in [0.15, 0.2) is 54.1 Å². The van der Waals surface area contributed by atoms with E-state index in [1.165, 1.54) is 5.57 Å². The van der Waals surface area contributed by atoms with Crippen LogP contribution in [0.25, 0.3) is 0 Å². The Kier molecular flexibility index (Phi) is 9.43. The van der Waals surface area contributed by atoms with Gasteiger partial charge in [0.15, 0.2) is 6.29 Å². The van der Waals surface area contributed by atoms with Crippen molar-refractivity contribution in [2.45, 2.75) is 129 Å². The molecule has 5 saturated carbocycles. The summed E-state index contributed by atoms with van der Waals surface area (Å²) in [5.41, 5.74) is -0.291. The Balaban J connectivity index is 1.18. The molecule has 1 aromatic rings. The molecule has 10 heteroatoms. The summed E-state index contributed by atoms with van der Waals surface area (Å²) < 4.78 is 19.8. The van der Waals surface area contributed by atoms with Crippen molar-refractivity contribution >= 4 is 5.97 Å². The zero-order chi connectivity index (χ0) is 39.6. The van der Waals surface area contributed by atoms with Crippen LogP contribution in [-0.2, 0) is 25.6 Å². The van der Waals surface area contributed by atoms with Gasteiger partial charge < -0.3 is 44.8 Å². The van der Waals surface area contributed by atoms with Crippen LogP contribution >= 0.6 is 0 Å². The van der Waals surface area contributed by atoms with Gasteiger partial charge in [-0.3, -0.25) is 4.79 Å². The van der Waals surface area contributed by atoms with E-state index in [2.05, 4.69) is 45.9 Å². The first-order chi connectivity index (χ1) is 26.6. The molecule has 0 radical (unpaired) electrons. The van der Waals surface area contributed by atoms with Crippen LogP contribution < -0.4 is 0 Å². The summed E-state index contributed by atoms with van der Waals surface area (Å²) in [6.07, 6.45) is 8.29. The van der Waals surface area contributed by atoms with Crippen LogP contribution in [0, 0.1) is 68.0 Å². The minimum atomic E-state index is -1.48. The number of benzene rings is 1. The van der Waals surface area contributed by atoms with Crippen LogP contribution in [-0.4, -0.2) is 93.2 Å². The number of allylic oxidation sites excluding steroid dienone is 3. The quantitative estimate of drug-likeness (QED) is 0.152. The lowest BCUT2D eigenvalue weighted by Crippen LogP contribution is -2.76. The van der Waals surface area contributed by atoms with Gasteiger partial charge in [-0.2, -0.15) is 0 Å². The molecular weight excluding hydrogens is 712 g/mol. The second-order valence-corrected chi connectivity index (χ2v) is 20.7. The Morgan fingerprint density at radius 3 is 2.34 bits per heavy atom. The SMILES string of the molecule is C[C@]1(CO)CC[C@]2(C(=O)O)CC[C@]3(C)C(=C[C@@H]4CCC[C@]35C[C@@H]3C=C[C@H]6[C@@H](OCc7ccccc7)[C@@H](O[C@@H]7OC[C@@H](O)[C@H](O)[C@H]7O)[C@@](C)(CO)[C@@H]3[C@@]6(C)[C@@H]45)[C@@H]2C1. The molecule has 6 N–H and O–H groups in total. The first-order valence-electron chi connectivity index (χ1n) is 21.4. The lowest BCUT2D eigenvalue weighted by Gasteiger charge is -2.78. The molecular formula is C46H64O10. The molecule has 1 aliphatic heterocycles. The number of carbonyl (C=O) groups is 1. The minimum absolute atomic E-state index is 0.0147. The van der Waals surface area contributed by atoms with Gasteiger partial charge in [0, 0.05) is 17.9 Å². The number of aliphatic hydroxyl groups excluding tert-OH is 5. The molecule has 1 saturated heterocycles. The van der Waals surface area contributed by atoms with E-state index in [0.29, 0.717) is 25.9 Å². The molecule has 308 valence electrons. The fourth-order valence-electron chi connectivity index (χ4n) is 15.5. The molecule has 9 rings (SSSR count). The van der Waals surface area contributed by atoms with E-state index in [-0.39, 0.29) is 77.0 Å². The Morgan fingerprint density at radius 2 is 1.62 bits per heavy atom. The van der Waals surface area contributed by atoms with Gasteiger partial charge in [-0.05, 0) is 108 Å². The highest BCUT2D eigenvalue weighted by Crippen LogP contribution is 2.82.